The number of aromatic nitrogens is 1. The van der Waals surface area contributed by atoms with Gasteiger partial charge in [0.25, 0.3) is 0 Å². The van der Waals surface area contributed by atoms with Crippen LogP contribution in [0.3, 0.4) is 0 Å². The molecule has 0 aliphatic heterocycles. The summed E-state index contributed by atoms with van der Waals surface area (Å²) in [5.74, 6) is -0.0310. The van der Waals surface area contributed by atoms with Crippen LogP contribution >= 0.6 is 23.2 Å². The number of rotatable bonds is 4. The Balaban J connectivity index is 2.17. The molecule has 1 aromatic carbocycles. The fraction of sp³-hybridized carbons (Fsp3) is 0.0769. The van der Waals surface area contributed by atoms with Crippen molar-refractivity contribution < 1.29 is 5.21 Å². The molecule has 0 fully saturated rings. The highest BCUT2D eigenvalue weighted by Gasteiger charge is 2.08. The van der Waals surface area contributed by atoms with Crippen LogP contribution in [-0.4, -0.2) is 16.0 Å². The number of nitrogens with zero attached hydrogens (tertiary/aromatic N) is 2. The van der Waals surface area contributed by atoms with E-state index in [0.29, 0.717) is 22.3 Å². The van der Waals surface area contributed by atoms with Gasteiger partial charge < -0.3 is 16.3 Å². The van der Waals surface area contributed by atoms with E-state index in [9.17, 15) is 0 Å². The van der Waals surface area contributed by atoms with Crippen LogP contribution in [0, 0.1) is 0 Å². The van der Waals surface area contributed by atoms with Gasteiger partial charge in [0.15, 0.2) is 5.84 Å². The maximum absolute atomic E-state index is 8.74. The van der Waals surface area contributed by atoms with Crippen molar-refractivity contribution >= 4 is 34.7 Å². The van der Waals surface area contributed by atoms with Crippen LogP contribution in [0.1, 0.15) is 11.3 Å². The van der Waals surface area contributed by atoms with Gasteiger partial charge in [-0.3, -0.25) is 4.98 Å². The van der Waals surface area contributed by atoms with Gasteiger partial charge in [-0.1, -0.05) is 34.4 Å². The van der Waals surface area contributed by atoms with Crippen LogP contribution in [0.15, 0.2) is 41.7 Å². The van der Waals surface area contributed by atoms with E-state index in [0.717, 1.165) is 11.3 Å². The summed E-state index contributed by atoms with van der Waals surface area (Å²) >= 11 is 11.8. The summed E-state index contributed by atoms with van der Waals surface area (Å²) in [6.45, 7) is 0.456. The molecule has 0 bridgehead atoms. The molecule has 0 atom stereocenters. The van der Waals surface area contributed by atoms with E-state index >= 15 is 0 Å². The van der Waals surface area contributed by atoms with Gasteiger partial charge in [0.2, 0.25) is 0 Å². The molecule has 5 nitrogen and oxygen atoms in total. The first-order valence-corrected chi connectivity index (χ1v) is 6.48. The summed E-state index contributed by atoms with van der Waals surface area (Å²) in [6.07, 6.45) is 1.58. The third-order valence-electron chi connectivity index (χ3n) is 2.64. The maximum Gasteiger partial charge on any atom is 0.189 e. The molecule has 0 aliphatic rings. The van der Waals surface area contributed by atoms with Gasteiger partial charge in [0.05, 0.1) is 10.0 Å². The van der Waals surface area contributed by atoms with Crippen molar-refractivity contribution in [1.82, 2.24) is 4.98 Å². The topological polar surface area (TPSA) is 83.5 Å². The minimum Gasteiger partial charge on any atom is -0.409 e. The molecule has 0 saturated heterocycles. The smallest absolute Gasteiger partial charge is 0.189 e. The SMILES string of the molecule is NC(=NO)c1ncccc1CNc1ccc(Cl)c(Cl)c1. The normalized spacial score (nSPS) is 11.4. The zero-order valence-corrected chi connectivity index (χ0v) is 11.9. The van der Waals surface area contributed by atoms with E-state index in [1.54, 1.807) is 24.4 Å². The van der Waals surface area contributed by atoms with Gasteiger partial charge >= 0.3 is 0 Å². The first-order valence-electron chi connectivity index (χ1n) is 5.72. The van der Waals surface area contributed by atoms with E-state index in [4.69, 9.17) is 34.1 Å². The van der Waals surface area contributed by atoms with Crippen molar-refractivity contribution in [2.24, 2.45) is 10.9 Å². The second kappa shape index (κ2) is 6.45. The van der Waals surface area contributed by atoms with Crippen LogP contribution in [0.5, 0.6) is 0 Å². The number of nitrogens with two attached hydrogens (primary N) is 1. The largest absolute Gasteiger partial charge is 0.409 e. The van der Waals surface area contributed by atoms with Crippen molar-refractivity contribution in [3.8, 4) is 0 Å². The second-order valence-corrected chi connectivity index (χ2v) is 4.79. The maximum atomic E-state index is 8.74. The summed E-state index contributed by atoms with van der Waals surface area (Å²) in [5, 5.41) is 15.8. The molecule has 1 heterocycles. The number of oxime groups is 1. The minimum absolute atomic E-state index is 0.0310. The highest BCUT2D eigenvalue weighted by Crippen LogP contribution is 2.25. The molecule has 0 amide bonds. The molecule has 104 valence electrons. The Morgan fingerprint density at radius 1 is 1.30 bits per heavy atom. The Morgan fingerprint density at radius 3 is 2.80 bits per heavy atom. The predicted molar refractivity (Wildman–Crippen MR) is 80.5 cm³/mol. The first-order chi connectivity index (χ1) is 9.61. The zero-order chi connectivity index (χ0) is 14.5. The molecule has 1 aromatic heterocycles. The molecule has 4 N–H and O–H groups in total. The third kappa shape index (κ3) is 3.31. The molecule has 0 unspecified atom stereocenters. The van der Waals surface area contributed by atoms with Crippen LogP contribution in [0.4, 0.5) is 5.69 Å². The van der Waals surface area contributed by atoms with Gasteiger partial charge in [-0.15, -0.1) is 0 Å². The standard InChI is InChI=1S/C13H12Cl2N4O/c14-10-4-3-9(6-11(10)15)18-7-8-2-1-5-17-12(8)13(16)19-20/h1-6,18,20H,7H2,(H2,16,19). The lowest BCUT2D eigenvalue weighted by atomic mass is 10.1. The average molecular weight is 311 g/mol. The minimum atomic E-state index is -0.0310. The molecule has 2 aromatic rings. The molecule has 0 aliphatic carbocycles. The van der Waals surface area contributed by atoms with Gasteiger partial charge in [0.1, 0.15) is 5.69 Å². The van der Waals surface area contributed by atoms with Gasteiger partial charge in [-0.2, -0.15) is 0 Å². The first kappa shape index (κ1) is 14.4. The Labute approximate surface area is 126 Å². The summed E-state index contributed by atoms with van der Waals surface area (Å²) in [5.41, 5.74) is 7.63. The fourth-order valence-corrected chi connectivity index (χ4v) is 1.96. The number of amidine groups is 1. The summed E-state index contributed by atoms with van der Waals surface area (Å²) in [7, 11) is 0. The monoisotopic (exact) mass is 310 g/mol. The Hall–Kier alpha value is -1.98. The number of hydrogen-bond donors (Lipinski definition) is 3. The lowest BCUT2D eigenvalue weighted by Crippen LogP contribution is -2.18. The Morgan fingerprint density at radius 2 is 2.10 bits per heavy atom. The number of halogens is 2. The lowest BCUT2D eigenvalue weighted by molar-refractivity contribution is 0.318. The number of hydrogen-bond acceptors (Lipinski definition) is 4. The molecule has 2 rings (SSSR count). The van der Waals surface area contributed by atoms with E-state index < -0.39 is 0 Å². The summed E-state index contributed by atoms with van der Waals surface area (Å²) in [6, 6.07) is 8.86. The molecule has 0 saturated carbocycles. The highest BCUT2D eigenvalue weighted by molar-refractivity contribution is 6.42. The van der Waals surface area contributed by atoms with Crippen LogP contribution < -0.4 is 11.1 Å². The molecule has 20 heavy (non-hydrogen) atoms. The van der Waals surface area contributed by atoms with E-state index in [-0.39, 0.29) is 5.84 Å². The van der Waals surface area contributed by atoms with Crippen molar-refractivity contribution in [3.63, 3.8) is 0 Å². The second-order valence-electron chi connectivity index (χ2n) is 3.98. The molecule has 0 spiro atoms. The molecular weight excluding hydrogens is 299 g/mol. The molecule has 7 heteroatoms. The van der Waals surface area contributed by atoms with E-state index in [2.05, 4.69) is 15.5 Å². The van der Waals surface area contributed by atoms with Gasteiger partial charge in [-0.05, 0) is 24.3 Å². The number of anilines is 1. The average Bonchev–Trinajstić information content (AvgIpc) is 2.48. The summed E-state index contributed by atoms with van der Waals surface area (Å²) < 4.78 is 0. The van der Waals surface area contributed by atoms with Crippen molar-refractivity contribution in [2.75, 3.05) is 5.32 Å². The highest BCUT2D eigenvalue weighted by atomic mass is 35.5. The number of benzene rings is 1. The van der Waals surface area contributed by atoms with E-state index in [1.807, 2.05) is 12.1 Å². The summed E-state index contributed by atoms with van der Waals surface area (Å²) in [4.78, 5) is 4.09. The predicted octanol–water partition coefficient (Wildman–Crippen LogP) is 3.10. The molecule has 0 radical (unpaired) electrons. The Bertz CT molecular complexity index is 646. The van der Waals surface area contributed by atoms with Gasteiger partial charge in [0, 0.05) is 24.0 Å². The van der Waals surface area contributed by atoms with Crippen molar-refractivity contribution in [1.29, 1.82) is 0 Å². The molecular formula is C13H12Cl2N4O. The van der Waals surface area contributed by atoms with Crippen molar-refractivity contribution in [3.05, 3.63) is 57.8 Å². The zero-order valence-electron chi connectivity index (χ0n) is 10.3. The quantitative estimate of drug-likeness (QED) is 0.351. The number of pyridine rings is 1. The van der Waals surface area contributed by atoms with E-state index in [1.165, 1.54) is 0 Å². The Kier molecular flexibility index (Phi) is 4.65. The number of nitrogens with one attached hydrogen (secondary N) is 1. The van der Waals surface area contributed by atoms with Crippen LogP contribution in [-0.2, 0) is 6.54 Å². The third-order valence-corrected chi connectivity index (χ3v) is 3.38. The van der Waals surface area contributed by atoms with Crippen LogP contribution in [0.2, 0.25) is 10.0 Å². The lowest BCUT2D eigenvalue weighted by Gasteiger charge is -2.10. The van der Waals surface area contributed by atoms with Crippen LogP contribution in [0.25, 0.3) is 0 Å². The van der Waals surface area contributed by atoms with Gasteiger partial charge in [-0.25, -0.2) is 0 Å². The fourth-order valence-electron chi connectivity index (χ4n) is 1.66. The van der Waals surface area contributed by atoms with Crippen molar-refractivity contribution in [2.45, 2.75) is 6.54 Å².